The van der Waals surface area contributed by atoms with Crippen molar-refractivity contribution in [2.75, 3.05) is 9.80 Å². The Kier molecular flexibility index (Phi) is 11.9. The minimum Gasteiger partial charge on any atom is -0.309 e. The first kappa shape index (κ1) is 44.2. The molecular formula is C58H39F6N5. The molecule has 0 atom stereocenters. The Labute approximate surface area is 394 Å². The van der Waals surface area contributed by atoms with Gasteiger partial charge < -0.3 is 14.4 Å². The molecule has 0 saturated heterocycles. The Bertz CT molecular complexity index is 3120. The molecule has 3 heterocycles. The van der Waals surface area contributed by atoms with E-state index in [2.05, 4.69) is 9.97 Å². The molecule has 0 saturated carbocycles. The first-order valence-corrected chi connectivity index (χ1v) is 21.9. The predicted octanol–water partition coefficient (Wildman–Crippen LogP) is 16.9. The number of hydrogen-bond acceptors (Lipinski definition) is 4. The molecule has 10 aromatic rings. The summed E-state index contributed by atoms with van der Waals surface area (Å²) in [5.41, 5.74) is 4.51. The smallest absolute Gasteiger partial charge is 0.309 e. The molecule has 0 unspecified atom stereocenters. The second-order valence-corrected chi connectivity index (χ2v) is 16.1. The molecule has 7 aromatic carbocycles. The minimum atomic E-state index is -4.89. The SMILES string of the molecule is FC(F)(F)c1cc(N(c2ccc(-c3ccccc3)cc2)c2cccnc2)ccc1-c1ccc(-c2ccc(N(c3ccc(-c4ccccc4)cc3)c3cccnc3)cc2C(F)(F)F)n1-c1ccccc1. The molecule has 0 aliphatic carbocycles. The van der Waals surface area contributed by atoms with Crippen LogP contribution >= 0.6 is 0 Å². The van der Waals surface area contributed by atoms with Crippen LogP contribution in [-0.4, -0.2) is 14.5 Å². The van der Waals surface area contributed by atoms with Crippen molar-refractivity contribution in [3.05, 3.63) is 248 Å². The van der Waals surface area contributed by atoms with Crippen LogP contribution < -0.4 is 9.80 Å². The predicted molar refractivity (Wildman–Crippen MR) is 262 cm³/mol. The van der Waals surface area contributed by atoms with Crippen LogP contribution in [0, 0.1) is 0 Å². The topological polar surface area (TPSA) is 37.2 Å². The Morgan fingerprint density at radius 2 is 0.696 bits per heavy atom. The lowest BCUT2D eigenvalue weighted by Crippen LogP contribution is -2.15. The van der Waals surface area contributed by atoms with Crippen molar-refractivity contribution >= 4 is 34.1 Å². The lowest BCUT2D eigenvalue weighted by atomic mass is 10.0. The van der Waals surface area contributed by atoms with Gasteiger partial charge in [-0.25, -0.2) is 0 Å². The summed E-state index contributed by atoms with van der Waals surface area (Å²) in [5, 5.41) is 0. The molecule has 0 bridgehead atoms. The average Bonchev–Trinajstić information content (AvgIpc) is 3.83. The number of benzene rings is 7. The first-order chi connectivity index (χ1) is 33.5. The number of pyridine rings is 2. The van der Waals surface area contributed by atoms with E-state index in [9.17, 15) is 0 Å². The fraction of sp³-hybridized carbons (Fsp3) is 0.0345. The number of hydrogen-bond donors (Lipinski definition) is 0. The van der Waals surface area contributed by atoms with Gasteiger partial charge in [-0.3, -0.25) is 9.97 Å². The largest absolute Gasteiger partial charge is 0.417 e. The highest BCUT2D eigenvalue weighted by atomic mass is 19.4. The number of anilines is 6. The number of halogens is 6. The summed E-state index contributed by atoms with van der Waals surface area (Å²) in [4.78, 5) is 11.9. The van der Waals surface area contributed by atoms with Crippen molar-refractivity contribution in [2.24, 2.45) is 0 Å². The summed E-state index contributed by atoms with van der Waals surface area (Å²) in [6.45, 7) is 0. The van der Waals surface area contributed by atoms with Gasteiger partial charge in [0.2, 0.25) is 0 Å². The standard InChI is InChI=1S/C58H39F6N5/c59-57(60,61)53-36-47(67(49-18-10-34-65-38-49)45-24-20-42(21-25-45)40-12-4-1-5-13-40)28-30-51(53)55-32-33-56(69(55)44-16-8-3-9-17-44)52-31-29-48(37-54(52)58(62,63)64)68(50-19-11-35-66-39-50)46-26-22-43(23-27-46)41-14-6-2-7-15-41/h1-39H. The van der Waals surface area contributed by atoms with Gasteiger partial charge in [-0.2, -0.15) is 26.3 Å². The number of rotatable bonds is 11. The quantitative estimate of drug-likeness (QED) is 0.121. The normalized spacial score (nSPS) is 11.6. The van der Waals surface area contributed by atoms with E-state index in [1.807, 2.05) is 109 Å². The molecule has 0 aliphatic heterocycles. The van der Waals surface area contributed by atoms with Gasteiger partial charge in [0.1, 0.15) is 0 Å². The zero-order valence-electron chi connectivity index (χ0n) is 36.5. The lowest BCUT2D eigenvalue weighted by molar-refractivity contribution is -0.137. The highest BCUT2D eigenvalue weighted by Crippen LogP contribution is 2.47. The maximum Gasteiger partial charge on any atom is 0.417 e. The van der Waals surface area contributed by atoms with Crippen LogP contribution in [0.1, 0.15) is 11.1 Å². The molecule has 0 amide bonds. The molecular weight excluding hydrogens is 881 g/mol. The molecule has 0 N–H and O–H groups in total. The molecule has 11 heteroatoms. The van der Waals surface area contributed by atoms with Crippen LogP contribution in [0.15, 0.2) is 237 Å². The Morgan fingerprint density at radius 3 is 1.06 bits per heavy atom. The first-order valence-electron chi connectivity index (χ1n) is 21.9. The number of alkyl halides is 6. The van der Waals surface area contributed by atoms with Crippen LogP contribution in [-0.2, 0) is 12.4 Å². The van der Waals surface area contributed by atoms with Crippen LogP contribution in [0.5, 0.6) is 0 Å². The van der Waals surface area contributed by atoms with Gasteiger partial charge in [-0.1, -0.05) is 115 Å². The summed E-state index contributed by atoms with van der Waals surface area (Å²) in [7, 11) is 0. The van der Waals surface area contributed by atoms with Gasteiger partial charge >= 0.3 is 12.4 Å². The summed E-state index contributed by atoms with van der Waals surface area (Å²) in [6, 6.07) is 60.7. The molecule has 5 nitrogen and oxygen atoms in total. The van der Waals surface area contributed by atoms with Crippen molar-refractivity contribution < 1.29 is 26.3 Å². The van der Waals surface area contributed by atoms with E-state index in [0.29, 0.717) is 28.4 Å². The van der Waals surface area contributed by atoms with Crippen LogP contribution in [0.25, 0.3) is 50.5 Å². The number of nitrogens with zero attached hydrogens (tertiary/aromatic N) is 5. The van der Waals surface area contributed by atoms with E-state index in [1.165, 1.54) is 28.8 Å². The maximum absolute atomic E-state index is 15.6. The maximum atomic E-state index is 15.6. The number of aromatic nitrogens is 3. The van der Waals surface area contributed by atoms with Crippen molar-refractivity contribution in [3.8, 4) is 50.5 Å². The van der Waals surface area contributed by atoms with Gasteiger partial charge in [0.25, 0.3) is 0 Å². The van der Waals surface area contributed by atoms with Crippen molar-refractivity contribution in [2.45, 2.75) is 12.4 Å². The molecule has 0 spiro atoms. The van der Waals surface area contributed by atoms with Gasteiger partial charge in [0, 0.05) is 52.0 Å². The van der Waals surface area contributed by atoms with Gasteiger partial charge in [-0.15, -0.1) is 0 Å². The van der Waals surface area contributed by atoms with Crippen LogP contribution in [0.2, 0.25) is 0 Å². The summed E-state index contributed by atoms with van der Waals surface area (Å²) < 4.78 is 95.2. The second kappa shape index (κ2) is 18.5. The van der Waals surface area contributed by atoms with Gasteiger partial charge in [0.05, 0.1) is 46.3 Å². The van der Waals surface area contributed by atoms with Crippen molar-refractivity contribution in [1.29, 1.82) is 0 Å². The fourth-order valence-corrected chi connectivity index (χ4v) is 8.70. The molecule has 0 aliphatic rings. The Balaban J connectivity index is 1.10. The van der Waals surface area contributed by atoms with E-state index < -0.39 is 23.5 Å². The van der Waals surface area contributed by atoms with E-state index in [0.717, 1.165) is 34.4 Å². The Hall–Kier alpha value is -8.70. The van der Waals surface area contributed by atoms with Gasteiger partial charge in [0.15, 0.2) is 0 Å². The third-order valence-corrected chi connectivity index (χ3v) is 11.9. The monoisotopic (exact) mass is 919 g/mol. The lowest BCUT2D eigenvalue weighted by Gasteiger charge is -2.27. The van der Waals surface area contributed by atoms with E-state index >= 15 is 26.3 Å². The molecule has 3 aromatic heterocycles. The molecule has 0 fully saturated rings. The van der Waals surface area contributed by atoms with Crippen LogP contribution in [0.3, 0.4) is 0 Å². The average molecular weight is 920 g/mol. The zero-order chi connectivity index (χ0) is 47.5. The van der Waals surface area contributed by atoms with E-state index in [1.54, 1.807) is 101 Å². The Morgan fingerprint density at radius 1 is 0.333 bits per heavy atom. The third-order valence-electron chi connectivity index (χ3n) is 11.9. The van der Waals surface area contributed by atoms with Gasteiger partial charge in [-0.05, 0) is 119 Å². The van der Waals surface area contributed by atoms with E-state index in [-0.39, 0.29) is 33.9 Å². The highest BCUT2D eigenvalue weighted by molar-refractivity contribution is 5.85. The highest BCUT2D eigenvalue weighted by Gasteiger charge is 2.38. The summed E-state index contributed by atoms with van der Waals surface area (Å²) >= 11 is 0. The molecule has 69 heavy (non-hydrogen) atoms. The number of para-hydroxylation sites is 1. The fourth-order valence-electron chi connectivity index (χ4n) is 8.70. The molecule has 0 radical (unpaired) electrons. The van der Waals surface area contributed by atoms with Crippen molar-refractivity contribution in [1.82, 2.24) is 14.5 Å². The molecule has 338 valence electrons. The zero-order valence-corrected chi connectivity index (χ0v) is 36.5. The summed E-state index contributed by atoms with van der Waals surface area (Å²) in [6.07, 6.45) is -3.47. The van der Waals surface area contributed by atoms with E-state index in [4.69, 9.17) is 0 Å². The van der Waals surface area contributed by atoms with Crippen LogP contribution in [0.4, 0.5) is 60.5 Å². The third kappa shape index (κ3) is 9.10. The van der Waals surface area contributed by atoms with Crippen molar-refractivity contribution in [3.63, 3.8) is 0 Å². The minimum absolute atomic E-state index is 0.0444. The molecule has 10 rings (SSSR count). The second-order valence-electron chi connectivity index (χ2n) is 16.1. The summed E-state index contributed by atoms with van der Waals surface area (Å²) in [5.74, 6) is 0.